The van der Waals surface area contributed by atoms with Crippen LogP contribution in [0.5, 0.6) is 11.5 Å². The number of nitrogens with zero attached hydrogens (tertiary/aromatic N) is 3. The standard InChI is InChI=1S/C22H25N3O4/c1-28-18-8-6-17(7-9-18)23-11-13-24(14-12-23)22(27)16-25-19-4-2-3-5-20(19)29-15-10-21(25)26/h2-9H,10-16H2,1H3. The van der Waals surface area contributed by atoms with Gasteiger partial charge in [-0.05, 0) is 36.4 Å². The van der Waals surface area contributed by atoms with Crippen molar-refractivity contribution >= 4 is 23.2 Å². The van der Waals surface area contributed by atoms with Crippen molar-refractivity contribution in [1.82, 2.24) is 4.90 Å². The molecular weight excluding hydrogens is 370 g/mol. The van der Waals surface area contributed by atoms with Crippen LogP contribution < -0.4 is 19.3 Å². The molecule has 0 bridgehead atoms. The van der Waals surface area contributed by atoms with Crippen molar-refractivity contribution in [2.24, 2.45) is 0 Å². The summed E-state index contributed by atoms with van der Waals surface area (Å²) in [5, 5.41) is 0. The Hall–Kier alpha value is -3.22. The summed E-state index contributed by atoms with van der Waals surface area (Å²) in [7, 11) is 1.65. The Balaban J connectivity index is 1.39. The normalized spacial score (nSPS) is 16.7. The van der Waals surface area contributed by atoms with Crippen LogP contribution in [-0.2, 0) is 9.59 Å². The fourth-order valence-corrected chi connectivity index (χ4v) is 3.74. The number of rotatable bonds is 4. The van der Waals surface area contributed by atoms with Crippen molar-refractivity contribution in [3.8, 4) is 11.5 Å². The van der Waals surface area contributed by atoms with E-state index in [4.69, 9.17) is 9.47 Å². The van der Waals surface area contributed by atoms with Gasteiger partial charge in [-0.1, -0.05) is 12.1 Å². The van der Waals surface area contributed by atoms with E-state index in [2.05, 4.69) is 4.90 Å². The van der Waals surface area contributed by atoms with Gasteiger partial charge in [0, 0.05) is 31.9 Å². The second-order valence-corrected chi connectivity index (χ2v) is 7.11. The lowest BCUT2D eigenvalue weighted by Gasteiger charge is -2.37. The summed E-state index contributed by atoms with van der Waals surface area (Å²) in [6, 6.07) is 15.3. The van der Waals surface area contributed by atoms with Crippen LogP contribution in [0.3, 0.4) is 0 Å². The highest BCUT2D eigenvalue weighted by molar-refractivity contribution is 6.00. The molecule has 1 fully saturated rings. The van der Waals surface area contributed by atoms with E-state index in [1.165, 1.54) is 0 Å². The lowest BCUT2D eigenvalue weighted by molar-refractivity contribution is -0.131. The van der Waals surface area contributed by atoms with Gasteiger partial charge in [-0.2, -0.15) is 0 Å². The van der Waals surface area contributed by atoms with E-state index in [9.17, 15) is 9.59 Å². The fourth-order valence-electron chi connectivity index (χ4n) is 3.74. The molecule has 2 aromatic carbocycles. The van der Waals surface area contributed by atoms with Gasteiger partial charge in [-0.25, -0.2) is 0 Å². The Morgan fingerprint density at radius 1 is 1.03 bits per heavy atom. The molecule has 2 aromatic rings. The van der Waals surface area contributed by atoms with Crippen molar-refractivity contribution in [2.75, 3.05) is 56.2 Å². The number of carbonyl (C=O) groups excluding carboxylic acids is 2. The van der Waals surface area contributed by atoms with Gasteiger partial charge in [-0.3, -0.25) is 14.5 Å². The van der Waals surface area contributed by atoms with Crippen LogP contribution in [0.2, 0.25) is 0 Å². The number of anilines is 2. The SMILES string of the molecule is COc1ccc(N2CCN(C(=O)CN3C(=O)CCOc4ccccc43)CC2)cc1. The molecule has 0 unspecified atom stereocenters. The molecule has 2 aliphatic heterocycles. The van der Waals surface area contributed by atoms with Crippen LogP contribution in [0.4, 0.5) is 11.4 Å². The highest BCUT2D eigenvalue weighted by atomic mass is 16.5. The summed E-state index contributed by atoms with van der Waals surface area (Å²) < 4.78 is 10.9. The zero-order valence-corrected chi connectivity index (χ0v) is 16.5. The number of benzene rings is 2. The van der Waals surface area contributed by atoms with Gasteiger partial charge in [0.15, 0.2) is 0 Å². The van der Waals surface area contributed by atoms with Gasteiger partial charge < -0.3 is 19.3 Å². The molecule has 0 aromatic heterocycles. The minimum absolute atomic E-state index is 0.0376. The molecule has 0 aliphatic carbocycles. The molecule has 2 aliphatic rings. The van der Waals surface area contributed by atoms with Crippen LogP contribution in [0.15, 0.2) is 48.5 Å². The number of fused-ring (bicyclic) bond motifs is 1. The Bertz CT molecular complexity index is 876. The van der Waals surface area contributed by atoms with E-state index < -0.39 is 0 Å². The molecule has 0 N–H and O–H groups in total. The Labute approximate surface area is 170 Å². The number of para-hydroxylation sites is 2. The quantitative estimate of drug-likeness (QED) is 0.794. The number of methoxy groups -OCH3 is 1. The van der Waals surface area contributed by atoms with Gasteiger partial charge in [0.25, 0.3) is 0 Å². The van der Waals surface area contributed by atoms with E-state index in [-0.39, 0.29) is 24.8 Å². The molecule has 2 amide bonds. The number of amides is 2. The van der Waals surface area contributed by atoms with Gasteiger partial charge in [0.1, 0.15) is 18.0 Å². The van der Waals surface area contributed by atoms with E-state index in [0.717, 1.165) is 24.5 Å². The molecular formula is C22H25N3O4. The van der Waals surface area contributed by atoms with E-state index >= 15 is 0 Å². The molecule has 0 atom stereocenters. The first-order chi connectivity index (χ1) is 14.2. The van der Waals surface area contributed by atoms with Crippen molar-refractivity contribution in [2.45, 2.75) is 6.42 Å². The first-order valence-corrected chi connectivity index (χ1v) is 9.84. The molecule has 0 saturated carbocycles. The Morgan fingerprint density at radius 3 is 2.48 bits per heavy atom. The summed E-state index contributed by atoms with van der Waals surface area (Å²) in [5.74, 6) is 1.36. The molecule has 1 saturated heterocycles. The van der Waals surface area contributed by atoms with Gasteiger partial charge in [0.05, 0.1) is 25.8 Å². The first-order valence-electron chi connectivity index (χ1n) is 9.84. The predicted molar refractivity (Wildman–Crippen MR) is 111 cm³/mol. The van der Waals surface area contributed by atoms with Crippen LogP contribution in [-0.4, -0.2) is 63.2 Å². The summed E-state index contributed by atoms with van der Waals surface area (Å²) >= 11 is 0. The third-order valence-corrected chi connectivity index (χ3v) is 5.39. The average molecular weight is 395 g/mol. The van der Waals surface area contributed by atoms with Gasteiger partial charge in [0.2, 0.25) is 11.8 Å². The maximum Gasteiger partial charge on any atom is 0.242 e. The van der Waals surface area contributed by atoms with Crippen LogP contribution in [0.25, 0.3) is 0 Å². The molecule has 7 nitrogen and oxygen atoms in total. The third-order valence-electron chi connectivity index (χ3n) is 5.39. The Kier molecular flexibility index (Phi) is 5.55. The van der Waals surface area contributed by atoms with E-state index in [1.807, 2.05) is 53.4 Å². The highest BCUT2D eigenvalue weighted by Crippen LogP contribution is 2.31. The number of ether oxygens (including phenoxy) is 2. The molecule has 2 heterocycles. The maximum atomic E-state index is 12.9. The molecule has 29 heavy (non-hydrogen) atoms. The minimum atomic E-state index is -0.0832. The monoisotopic (exact) mass is 395 g/mol. The molecule has 0 spiro atoms. The molecule has 7 heteroatoms. The first kappa shape index (κ1) is 19.1. The number of hydrogen-bond donors (Lipinski definition) is 0. The number of piperazine rings is 1. The third kappa shape index (κ3) is 4.13. The summed E-state index contributed by atoms with van der Waals surface area (Å²) in [5.41, 5.74) is 1.78. The summed E-state index contributed by atoms with van der Waals surface area (Å²) in [4.78, 5) is 31.1. The topological polar surface area (TPSA) is 62.3 Å². The van der Waals surface area contributed by atoms with Crippen LogP contribution in [0, 0.1) is 0 Å². The second-order valence-electron chi connectivity index (χ2n) is 7.11. The maximum absolute atomic E-state index is 12.9. The largest absolute Gasteiger partial charge is 0.497 e. The van der Waals surface area contributed by atoms with Gasteiger partial charge >= 0.3 is 0 Å². The number of carbonyl (C=O) groups is 2. The minimum Gasteiger partial charge on any atom is -0.497 e. The smallest absolute Gasteiger partial charge is 0.242 e. The van der Waals surface area contributed by atoms with Crippen molar-refractivity contribution in [3.63, 3.8) is 0 Å². The Morgan fingerprint density at radius 2 is 1.76 bits per heavy atom. The van der Waals surface area contributed by atoms with E-state index in [1.54, 1.807) is 12.0 Å². The lowest BCUT2D eigenvalue weighted by Crippen LogP contribution is -2.52. The zero-order chi connectivity index (χ0) is 20.2. The second kappa shape index (κ2) is 8.43. The molecule has 152 valence electrons. The lowest BCUT2D eigenvalue weighted by atomic mass is 10.2. The summed E-state index contributed by atoms with van der Waals surface area (Å²) in [6.45, 7) is 3.15. The zero-order valence-electron chi connectivity index (χ0n) is 16.5. The van der Waals surface area contributed by atoms with Gasteiger partial charge in [-0.15, -0.1) is 0 Å². The predicted octanol–water partition coefficient (Wildman–Crippen LogP) is 2.16. The van der Waals surface area contributed by atoms with Crippen molar-refractivity contribution in [3.05, 3.63) is 48.5 Å². The number of hydrogen-bond acceptors (Lipinski definition) is 5. The summed E-state index contributed by atoms with van der Waals surface area (Å²) in [6.07, 6.45) is 0.271. The van der Waals surface area contributed by atoms with Crippen LogP contribution in [0.1, 0.15) is 6.42 Å². The molecule has 4 rings (SSSR count). The molecule has 0 radical (unpaired) electrons. The van der Waals surface area contributed by atoms with Crippen molar-refractivity contribution in [1.29, 1.82) is 0 Å². The average Bonchev–Trinajstić information content (AvgIpc) is 2.93. The van der Waals surface area contributed by atoms with Crippen molar-refractivity contribution < 1.29 is 19.1 Å². The fraction of sp³-hybridized carbons (Fsp3) is 0.364. The highest BCUT2D eigenvalue weighted by Gasteiger charge is 2.28. The van der Waals surface area contributed by atoms with Crippen LogP contribution >= 0.6 is 0 Å². The van der Waals surface area contributed by atoms with E-state index in [0.29, 0.717) is 31.1 Å².